The normalized spacial score (nSPS) is 23.5. The number of nitrogens with zero attached hydrogens (tertiary/aromatic N) is 1. The van der Waals surface area contributed by atoms with E-state index in [-0.39, 0.29) is 18.6 Å². The van der Waals surface area contributed by atoms with Gasteiger partial charge in [0.2, 0.25) is 5.60 Å². The minimum atomic E-state index is -1.86. The van der Waals surface area contributed by atoms with Gasteiger partial charge in [0.15, 0.2) is 6.10 Å². The zero-order chi connectivity index (χ0) is 26.5. The third kappa shape index (κ3) is 6.58. The van der Waals surface area contributed by atoms with Crippen molar-refractivity contribution in [1.29, 1.82) is 0 Å². The van der Waals surface area contributed by atoms with E-state index in [9.17, 15) is 14.7 Å². The van der Waals surface area contributed by atoms with Crippen molar-refractivity contribution in [2.45, 2.75) is 57.3 Å². The van der Waals surface area contributed by atoms with Crippen LogP contribution >= 0.6 is 0 Å². The average Bonchev–Trinajstić information content (AvgIpc) is 2.88. The lowest BCUT2D eigenvalue weighted by Crippen LogP contribution is -2.65. The first kappa shape index (κ1) is 27.3. The molecule has 2 N–H and O–H groups in total. The van der Waals surface area contributed by atoms with E-state index in [0.717, 1.165) is 56.5 Å². The Morgan fingerprint density at radius 1 is 0.973 bits per heavy atom. The van der Waals surface area contributed by atoms with Gasteiger partial charge >= 0.3 is 11.9 Å². The summed E-state index contributed by atoms with van der Waals surface area (Å²) in [5.41, 5.74) is -1.32. The molecular formula is C30H41N2O5+. The first-order valence-corrected chi connectivity index (χ1v) is 13.4. The summed E-state index contributed by atoms with van der Waals surface area (Å²) in [6.45, 7) is 10.4. The topological polar surface area (TPSA) is 84.9 Å². The number of hydrogen-bond donors (Lipinski definition) is 2. The van der Waals surface area contributed by atoms with E-state index in [1.54, 1.807) is 24.3 Å². The molecule has 2 bridgehead atoms. The van der Waals surface area contributed by atoms with Crippen LogP contribution in [-0.4, -0.2) is 72.5 Å². The van der Waals surface area contributed by atoms with Crippen molar-refractivity contribution in [1.82, 2.24) is 5.32 Å². The van der Waals surface area contributed by atoms with Gasteiger partial charge in [0.25, 0.3) is 0 Å². The smallest absolute Gasteiger partial charge is 0.348 e. The second kappa shape index (κ2) is 11.3. The van der Waals surface area contributed by atoms with Crippen LogP contribution < -0.4 is 5.32 Å². The molecule has 0 unspecified atom stereocenters. The fourth-order valence-corrected chi connectivity index (χ4v) is 5.76. The summed E-state index contributed by atoms with van der Waals surface area (Å²) in [5.74, 6) is -0.527. The second-order valence-corrected chi connectivity index (χ2v) is 11.5. The predicted octanol–water partition coefficient (Wildman–Crippen LogP) is 3.40. The first-order chi connectivity index (χ1) is 17.6. The highest BCUT2D eigenvalue weighted by Crippen LogP contribution is 2.38. The van der Waals surface area contributed by atoms with Gasteiger partial charge in [-0.15, -0.1) is 0 Å². The summed E-state index contributed by atoms with van der Waals surface area (Å²) >= 11 is 0. The summed E-state index contributed by atoms with van der Waals surface area (Å²) in [4.78, 5) is 25.6. The van der Waals surface area contributed by atoms with Crippen LogP contribution in [0.3, 0.4) is 0 Å². The molecule has 3 saturated heterocycles. The summed E-state index contributed by atoms with van der Waals surface area (Å²) in [6, 6.07) is 18.1. The standard InChI is InChI=1S/C30H41N2O5/c1-29(2,3)37-27(33)21-31-17-10-18-32-19-15-23(16-20-32)26(22-32)36-28(34)30(35,24-11-6-4-7-12-24)25-13-8-5-9-14-25/h4-9,11-14,23,26,31,35H,10,15-22H2,1-3H3/q+1/t23?,26-,32?/m0/s1. The third-order valence-electron chi connectivity index (χ3n) is 7.65. The van der Waals surface area contributed by atoms with E-state index in [1.807, 2.05) is 57.2 Å². The Balaban J connectivity index is 1.37. The van der Waals surface area contributed by atoms with Gasteiger partial charge in [-0.1, -0.05) is 60.7 Å². The predicted molar refractivity (Wildman–Crippen MR) is 142 cm³/mol. The number of ether oxygens (including phenoxy) is 2. The first-order valence-electron chi connectivity index (χ1n) is 13.4. The van der Waals surface area contributed by atoms with E-state index in [1.165, 1.54) is 0 Å². The molecule has 3 aliphatic rings. The largest absolute Gasteiger partial charge is 0.459 e. The minimum Gasteiger partial charge on any atom is -0.459 e. The Labute approximate surface area is 220 Å². The number of hydrogen-bond acceptors (Lipinski definition) is 6. The maximum atomic E-state index is 13.6. The van der Waals surface area contributed by atoms with Crippen LogP contribution in [0.1, 0.15) is 51.2 Å². The van der Waals surface area contributed by atoms with Crippen molar-refractivity contribution in [3.05, 3.63) is 71.8 Å². The number of carbonyl (C=O) groups is 2. The average molecular weight is 510 g/mol. The van der Waals surface area contributed by atoms with Crippen LogP contribution in [0.4, 0.5) is 0 Å². The van der Waals surface area contributed by atoms with E-state index in [0.29, 0.717) is 17.0 Å². The van der Waals surface area contributed by atoms with Crippen molar-refractivity contribution < 1.29 is 28.7 Å². The van der Waals surface area contributed by atoms with Crippen molar-refractivity contribution in [3.63, 3.8) is 0 Å². The Bertz CT molecular complexity index is 1000. The zero-order valence-corrected chi connectivity index (χ0v) is 22.3. The van der Waals surface area contributed by atoms with Gasteiger partial charge in [-0.05, 0) is 31.9 Å². The van der Waals surface area contributed by atoms with Crippen LogP contribution in [0.25, 0.3) is 0 Å². The Kier molecular flexibility index (Phi) is 8.36. The molecule has 200 valence electrons. The number of carbonyl (C=O) groups excluding carboxylic acids is 2. The van der Waals surface area contributed by atoms with E-state index < -0.39 is 17.2 Å². The van der Waals surface area contributed by atoms with Gasteiger partial charge in [-0.25, -0.2) is 4.79 Å². The molecule has 1 atom stereocenters. The number of rotatable bonds is 10. The van der Waals surface area contributed by atoms with Gasteiger partial charge < -0.3 is 24.4 Å². The molecule has 5 rings (SSSR count). The van der Waals surface area contributed by atoms with E-state index >= 15 is 0 Å². The maximum Gasteiger partial charge on any atom is 0.348 e. The number of fused-ring (bicyclic) bond motifs is 3. The highest BCUT2D eigenvalue weighted by atomic mass is 16.6. The highest BCUT2D eigenvalue weighted by molar-refractivity contribution is 5.85. The number of quaternary nitrogens is 1. The van der Waals surface area contributed by atoms with Crippen molar-refractivity contribution in [2.24, 2.45) is 5.92 Å². The molecule has 3 heterocycles. The van der Waals surface area contributed by atoms with Crippen LogP contribution in [0.2, 0.25) is 0 Å². The van der Waals surface area contributed by atoms with Gasteiger partial charge in [0, 0.05) is 31.7 Å². The Morgan fingerprint density at radius 2 is 1.54 bits per heavy atom. The van der Waals surface area contributed by atoms with E-state index in [4.69, 9.17) is 9.47 Å². The summed E-state index contributed by atoms with van der Waals surface area (Å²) in [7, 11) is 0. The number of esters is 2. The SMILES string of the molecule is CC(C)(C)OC(=O)CNCCC[N+]12CCC(CC1)[C@@H](OC(=O)C(O)(c1ccccc1)c1ccccc1)C2. The van der Waals surface area contributed by atoms with E-state index in [2.05, 4.69) is 5.32 Å². The lowest BCUT2D eigenvalue weighted by molar-refractivity contribution is -0.946. The van der Waals surface area contributed by atoms with Gasteiger partial charge in [-0.2, -0.15) is 0 Å². The molecule has 0 aromatic heterocycles. The van der Waals surface area contributed by atoms with Gasteiger partial charge in [-0.3, -0.25) is 4.79 Å². The number of piperidine rings is 3. The zero-order valence-electron chi connectivity index (χ0n) is 22.3. The van der Waals surface area contributed by atoms with Gasteiger partial charge in [0.1, 0.15) is 12.1 Å². The van der Waals surface area contributed by atoms with Crippen molar-refractivity contribution in [2.75, 3.05) is 39.3 Å². The molecule has 0 radical (unpaired) electrons. The summed E-state index contributed by atoms with van der Waals surface area (Å²) in [6.07, 6.45) is 2.73. The molecule has 2 aromatic rings. The van der Waals surface area contributed by atoms with Crippen LogP contribution in [-0.2, 0) is 24.7 Å². The lowest BCUT2D eigenvalue weighted by atomic mass is 9.82. The molecule has 0 aliphatic carbocycles. The molecule has 7 nitrogen and oxygen atoms in total. The van der Waals surface area contributed by atoms with Crippen LogP contribution in [0.15, 0.2) is 60.7 Å². The fourth-order valence-electron chi connectivity index (χ4n) is 5.76. The quantitative estimate of drug-likeness (QED) is 0.290. The summed E-state index contributed by atoms with van der Waals surface area (Å²) in [5, 5.41) is 15.0. The number of benzene rings is 2. The molecular weight excluding hydrogens is 468 g/mol. The monoisotopic (exact) mass is 509 g/mol. The maximum absolute atomic E-state index is 13.6. The third-order valence-corrected chi connectivity index (χ3v) is 7.65. The second-order valence-electron chi connectivity index (χ2n) is 11.5. The molecule has 0 saturated carbocycles. The van der Waals surface area contributed by atoms with Crippen molar-refractivity contribution >= 4 is 11.9 Å². The minimum absolute atomic E-state index is 0.205. The van der Waals surface area contributed by atoms with Gasteiger partial charge in [0.05, 0.1) is 26.2 Å². The fraction of sp³-hybridized carbons (Fsp3) is 0.533. The van der Waals surface area contributed by atoms with Crippen LogP contribution in [0, 0.1) is 5.92 Å². The molecule has 3 aliphatic heterocycles. The van der Waals surface area contributed by atoms with Crippen LogP contribution in [0.5, 0.6) is 0 Å². The molecule has 7 heteroatoms. The molecule has 37 heavy (non-hydrogen) atoms. The molecule has 2 aromatic carbocycles. The number of aliphatic hydroxyl groups is 1. The molecule has 3 fully saturated rings. The van der Waals surface area contributed by atoms with Crippen molar-refractivity contribution in [3.8, 4) is 0 Å². The highest BCUT2D eigenvalue weighted by Gasteiger charge is 2.50. The Hall–Kier alpha value is -2.74. The molecule has 0 amide bonds. The lowest BCUT2D eigenvalue weighted by Gasteiger charge is -2.52. The Morgan fingerprint density at radius 3 is 2.08 bits per heavy atom. The summed E-state index contributed by atoms with van der Waals surface area (Å²) < 4.78 is 12.4. The number of nitrogens with one attached hydrogen (secondary N) is 1. The molecule has 0 spiro atoms.